The smallest absolute Gasteiger partial charge is 0.270 e. The van der Waals surface area contributed by atoms with E-state index in [0.29, 0.717) is 11.6 Å². The van der Waals surface area contributed by atoms with Crippen LogP contribution in [0.4, 0.5) is 0 Å². The van der Waals surface area contributed by atoms with Gasteiger partial charge in [0, 0.05) is 25.3 Å². The maximum absolute atomic E-state index is 13.4. The van der Waals surface area contributed by atoms with Crippen LogP contribution >= 0.6 is 0 Å². The van der Waals surface area contributed by atoms with E-state index in [1.165, 1.54) is 19.3 Å². The molecule has 6 rings (SSSR count). The van der Waals surface area contributed by atoms with Gasteiger partial charge in [-0.2, -0.15) is 0 Å². The first-order chi connectivity index (χ1) is 13.1. The summed E-state index contributed by atoms with van der Waals surface area (Å²) in [6, 6.07) is 5.51. The van der Waals surface area contributed by atoms with E-state index >= 15 is 0 Å². The van der Waals surface area contributed by atoms with Crippen LogP contribution in [0.3, 0.4) is 0 Å². The van der Waals surface area contributed by atoms with Gasteiger partial charge in [0.25, 0.3) is 5.91 Å². The number of aromatic nitrogens is 1. The third-order valence-corrected chi connectivity index (χ3v) is 7.51. The number of likely N-dealkylation sites (tertiary alicyclic amines) is 1. The summed E-state index contributed by atoms with van der Waals surface area (Å²) in [4.78, 5) is 32.0. The van der Waals surface area contributed by atoms with Gasteiger partial charge in [-0.3, -0.25) is 14.6 Å². The van der Waals surface area contributed by atoms with Crippen molar-refractivity contribution < 1.29 is 9.59 Å². The average molecular weight is 367 g/mol. The predicted octanol–water partition coefficient (Wildman–Crippen LogP) is 3.02. The summed E-state index contributed by atoms with van der Waals surface area (Å²) >= 11 is 0. The molecule has 2 heterocycles. The van der Waals surface area contributed by atoms with E-state index in [-0.39, 0.29) is 17.4 Å². The molecule has 5 aliphatic rings. The van der Waals surface area contributed by atoms with Gasteiger partial charge in [0.05, 0.1) is 5.41 Å². The summed E-state index contributed by atoms with van der Waals surface area (Å²) in [5.41, 5.74) is 0.420. The summed E-state index contributed by atoms with van der Waals surface area (Å²) in [6.45, 7) is 1.54. The molecule has 144 valence electrons. The Morgan fingerprint density at radius 2 is 1.63 bits per heavy atom. The van der Waals surface area contributed by atoms with Gasteiger partial charge >= 0.3 is 0 Å². The van der Waals surface area contributed by atoms with Gasteiger partial charge < -0.3 is 10.2 Å². The van der Waals surface area contributed by atoms with Crippen LogP contribution in [0.2, 0.25) is 0 Å². The van der Waals surface area contributed by atoms with Crippen molar-refractivity contribution in [1.29, 1.82) is 0 Å². The Hall–Kier alpha value is -1.91. The first-order valence-corrected chi connectivity index (χ1v) is 10.6. The van der Waals surface area contributed by atoms with Crippen molar-refractivity contribution in [2.75, 3.05) is 13.1 Å². The molecule has 27 heavy (non-hydrogen) atoms. The zero-order valence-corrected chi connectivity index (χ0v) is 15.9. The zero-order chi connectivity index (χ0) is 18.4. The predicted molar refractivity (Wildman–Crippen MR) is 102 cm³/mol. The lowest BCUT2D eigenvalue weighted by molar-refractivity contribution is -0.158. The maximum atomic E-state index is 13.4. The fraction of sp³-hybridized carbons (Fsp3) is 0.682. The van der Waals surface area contributed by atoms with Crippen molar-refractivity contribution in [2.45, 2.75) is 57.4 Å². The van der Waals surface area contributed by atoms with Crippen LogP contribution < -0.4 is 5.32 Å². The quantitative estimate of drug-likeness (QED) is 0.893. The van der Waals surface area contributed by atoms with E-state index in [1.54, 1.807) is 12.3 Å². The van der Waals surface area contributed by atoms with Crippen LogP contribution in [0, 0.1) is 23.2 Å². The van der Waals surface area contributed by atoms with E-state index in [1.807, 2.05) is 12.1 Å². The molecule has 4 aliphatic carbocycles. The first-order valence-electron chi connectivity index (χ1n) is 10.6. The third kappa shape index (κ3) is 3.15. The summed E-state index contributed by atoms with van der Waals surface area (Å²) in [5, 5.41) is 3.09. The van der Waals surface area contributed by atoms with Crippen LogP contribution in [0.1, 0.15) is 61.9 Å². The molecule has 1 saturated heterocycles. The Labute approximate surface area is 160 Å². The van der Waals surface area contributed by atoms with Gasteiger partial charge in [-0.05, 0) is 81.3 Å². The lowest BCUT2D eigenvalue weighted by atomic mass is 9.49. The zero-order valence-electron chi connectivity index (χ0n) is 15.9. The molecule has 5 heteroatoms. The molecule has 1 aliphatic heterocycles. The highest BCUT2D eigenvalue weighted by Gasteiger charge is 2.55. The molecular formula is C22H29N3O2. The second kappa shape index (κ2) is 6.61. The Kier molecular flexibility index (Phi) is 4.21. The Balaban J connectivity index is 1.19. The molecule has 4 bridgehead atoms. The number of amides is 2. The van der Waals surface area contributed by atoms with Crippen molar-refractivity contribution in [1.82, 2.24) is 15.2 Å². The van der Waals surface area contributed by atoms with Gasteiger partial charge in [0.15, 0.2) is 0 Å². The highest BCUT2D eigenvalue weighted by atomic mass is 16.2. The molecule has 1 aromatic rings. The van der Waals surface area contributed by atoms with Gasteiger partial charge in [0.2, 0.25) is 5.91 Å². The van der Waals surface area contributed by atoms with E-state index in [2.05, 4.69) is 15.2 Å². The number of carbonyl (C=O) groups is 2. The van der Waals surface area contributed by atoms with Gasteiger partial charge in [-0.15, -0.1) is 0 Å². The van der Waals surface area contributed by atoms with Crippen molar-refractivity contribution in [3.05, 3.63) is 30.1 Å². The number of hydrogen-bond donors (Lipinski definition) is 1. The number of piperidine rings is 1. The highest BCUT2D eigenvalue weighted by Crippen LogP contribution is 2.60. The van der Waals surface area contributed by atoms with Crippen LogP contribution in [-0.4, -0.2) is 40.8 Å². The minimum Gasteiger partial charge on any atom is -0.348 e. The minimum atomic E-state index is -0.110. The fourth-order valence-electron chi connectivity index (χ4n) is 6.69. The van der Waals surface area contributed by atoms with E-state index in [4.69, 9.17) is 0 Å². The van der Waals surface area contributed by atoms with Crippen LogP contribution in [0.5, 0.6) is 0 Å². The van der Waals surface area contributed by atoms with Crippen LogP contribution in [0.25, 0.3) is 0 Å². The number of carbonyl (C=O) groups excluding carboxylic acids is 2. The number of rotatable bonds is 3. The monoisotopic (exact) mass is 367 g/mol. The Bertz CT molecular complexity index is 689. The lowest BCUT2D eigenvalue weighted by Gasteiger charge is -2.57. The number of pyridine rings is 1. The molecule has 0 aromatic carbocycles. The fourth-order valence-corrected chi connectivity index (χ4v) is 6.69. The van der Waals surface area contributed by atoms with E-state index in [9.17, 15) is 9.59 Å². The van der Waals surface area contributed by atoms with E-state index in [0.717, 1.165) is 62.9 Å². The second-order valence-electron chi connectivity index (χ2n) is 9.45. The SMILES string of the molecule is O=C(NC1CCN(C(=O)C23CC4CC(CC(C4)C2)C3)CC1)c1ccccn1. The lowest BCUT2D eigenvalue weighted by Crippen LogP contribution is -2.56. The summed E-state index contributed by atoms with van der Waals surface area (Å²) in [6.07, 6.45) is 10.8. The van der Waals surface area contributed by atoms with Crippen LogP contribution in [-0.2, 0) is 4.79 Å². The van der Waals surface area contributed by atoms with Crippen LogP contribution in [0.15, 0.2) is 24.4 Å². The molecule has 5 nitrogen and oxygen atoms in total. The standard InChI is InChI=1S/C22H29N3O2/c26-20(19-3-1-2-6-23-19)24-18-4-7-25(8-5-18)21(27)22-12-15-9-16(13-22)11-17(10-15)14-22/h1-3,6,15-18H,4-5,7-14H2,(H,24,26). The Morgan fingerprint density at radius 3 is 2.19 bits per heavy atom. The van der Waals surface area contributed by atoms with Crippen molar-refractivity contribution >= 4 is 11.8 Å². The van der Waals surface area contributed by atoms with E-state index < -0.39 is 0 Å². The van der Waals surface area contributed by atoms with Gasteiger partial charge in [0.1, 0.15) is 5.69 Å². The molecule has 5 fully saturated rings. The molecule has 0 spiro atoms. The molecule has 2 amide bonds. The number of nitrogens with one attached hydrogen (secondary N) is 1. The third-order valence-electron chi connectivity index (χ3n) is 7.51. The summed E-state index contributed by atoms with van der Waals surface area (Å²) in [5.74, 6) is 2.72. The number of hydrogen-bond acceptors (Lipinski definition) is 3. The van der Waals surface area contributed by atoms with Crippen molar-refractivity contribution in [2.24, 2.45) is 23.2 Å². The normalized spacial score (nSPS) is 35.3. The maximum Gasteiger partial charge on any atom is 0.270 e. The Morgan fingerprint density at radius 1 is 1.00 bits per heavy atom. The average Bonchev–Trinajstić information content (AvgIpc) is 2.68. The largest absolute Gasteiger partial charge is 0.348 e. The number of nitrogens with zero attached hydrogens (tertiary/aromatic N) is 2. The topological polar surface area (TPSA) is 62.3 Å². The molecule has 0 unspecified atom stereocenters. The van der Waals surface area contributed by atoms with Gasteiger partial charge in [-0.25, -0.2) is 0 Å². The molecule has 1 aromatic heterocycles. The molecule has 1 N–H and O–H groups in total. The van der Waals surface area contributed by atoms with Crippen molar-refractivity contribution in [3.63, 3.8) is 0 Å². The molecular weight excluding hydrogens is 338 g/mol. The molecule has 0 radical (unpaired) electrons. The second-order valence-corrected chi connectivity index (χ2v) is 9.45. The summed E-state index contributed by atoms with van der Waals surface area (Å²) < 4.78 is 0. The molecule has 4 saturated carbocycles. The molecule has 0 atom stereocenters. The van der Waals surface area contributed by atoms with Gasteiger partial charge in [-0.1, -0.05) is 6.07 Å². The minimum absolute atomic E-state index is 0.0429. The summed E-state index contributed by atoms with van der Waals surface area (Å²) in [7, 11) is 0. The highest BCUT2D eigenvalue weighted by molar-refractivity contribution is 5.92. The first kappa shape index (κ1) is 17.2. The van der Waals surface area contributed by atoms with Crippen molar-refractivity contribution in [3.8, 4) is 0 Å².